The lowest BCUT2D eigenvalue weighted by Crippen LogP contribution is -2.13. The van der Waals surface area contributed by atoms with Gasteiger partial charge in [-0.25, -0.2) is 0 Å². The van der Waals surface area contributed by atoms with E-state index in [1.165, 1.54) is 36.8 Å². The molecule has 98 valence electrons. The molecule has 2 nitrogen and oxygen atoms in total. The molecule has 18 heavy (non-hydrogen) atoms. The molecule has 1 aromatic carbocycles. The van der Waals surface area contributed by atoms with Crippen molar-refractivity contribution in [3.8, 4) is 0 Å². The van der Waals surface area contributed by atoms with Gasteiger partial charge in [-0.2, -0.15) is 0 Å². The van der Waals surface area contributed by atoms with Gasteiger partial charge in [0, 0.05) is 0 Å². The van der Waals surface area contributed by atoms with Crippen molar-refractivity contribution < 1.29 is 9.90 Å². The van der Waals surface area contributed by atoms with Crippen molar-refractivity contribution in [2.45, 2.75) is 49.8 Å². The Hall–Kier alpha value is -1.02. The van der Waals surface area contributed by atoms with Crippen molar-refractivity contribution in [2.24, 2.45) is 0 Å². The first-order valence-corrected chi connectivity index (χ1v) is 7.06. The van der Waals surface area contributed by atoms with E-state index >= 15 is 0 Å². The summed E-state index contributed by atoms with van der Waals surface area (Å²) in [5.74, 6) is -0.196. The number of halogens is 1. The number of alkyl halides is 1. The zero-order chi connectivity index (χ0) is 13.0. The van der Waals surface area contributed by atoms with Gasteiger partial charge in [0.2, 0.25) is 0 Å². The summed E-state index contributed by atoms with van der Waals surface area (Å²) in [6.07, 6.45) is 6.52. The van der Waals surface area contributed by atoms with E-state index in [9.17, 15) is 4.79 Å². The number of carboxylic acids is 1. The van der Waals surface area contributed by atoms with Crippen molar-refractivity contribution in [2.75, 3.05) is 0 Å². The van der Waals surface area contributed by atoms with E-state index in [-0.39, 0.29) is 0 Å². The Labute approximate surface area is 113 Å². The van der Waals surface area contributed by atoms with E-state index < -0.39 is 11.3 Å². The molecule has 1 aromatic rings. The highest BCUT2D eigenvalue weighted by Crippen LogP contribution is 2.34. The number of carboxylic acid groups (broad SMARTS) is 1. The van der Waals surface area contributed by atoms with Crippen LogP contribution in [-0.4, -0.2) is 16.5 Å². The third kappa shape index (κ3) is 3.49. The van der Waals surface area contributed by atoms with Gasteiger partial charge in [0.1, 0.15) is 5.38 Å². The van der Waals surface area contributed by atoms with Crippen LogP contribution in [0.5, 0.6) is 0 Å². The second-order valence-corrected chi connectivity index (χ2v) is 5.59. The van der Waals surface area contributed by atoms with Crippen LogP contribution in [0.1, 0.15) is 49.1 Å². The van der Waals surface area contributed by atoms with Crippen molar-refractivity contribution in [3.05, 3.63) is 35.4 Å². The Balaban J connectivity index is 1.89. The van der Waals surface area contributed by atoms with E-state index in [0.717, 1.165) is 12.3 Å². The molecule has 1 atom stereocenters. The highest BCUT2D eigenvalue weighted by Gasteiger charge is 2.17. The fourth-order valence-corrected chi connectivity index (χ4v) is 2.74. The quantitative estimate of drug-likeness (QED) is 0.819. The molecule has 1 saturated carbocycles. The van der Waals surface area contributed by atoms with Gasteiger partial charge in [0.05, 0.1) is 0 Å². The molecule has 0 bridgehead atoms. The van der Waals surface area contributed by atoms with Crippen molar-refractivity contribution >= 4 is 17.6 Å². The van der Waals surface area contributed by atoms with Gasteiger partial charge >= 0.3 is 5.97 Å². The molecule has 1 unspecified atom stereocenters. The molecular formula is C15H19ClO2. The Morgan fingerprint density at radius 2 is 1.89 bits per heavy atom. The van der Waals surface area contributed by atoms with E-state index in [4.69, 9.17) is 16.7 Å². The van der Waals surface area contributed by atoms with Crippen LogP contribution in [0.3, 0.4) is 0 Å². The second kappa shape index (κ2) is 6.24. The molecule has 1 aliphatic carbocycles. The topological polar surface area (TPSA) is 37.3 Å². The van der Waals surface area contributed by atoms with Crippen LogP contribution in [0.4, 0.5) is 0 Å². The summed E-state index contributed by atoms with van der Waals surface area (Å²) in [5.41, 5.74) is 2.60. The van der Waals surface area contributed by atoms with Crippen LogP contribution in [0.25, 0.3) is 0 Å². The Morgan fingerprint density at radius 1 is 1.28 bits per heavy atom. The van der Waals surface area contributed by atoms with Gasteiger partial charge in [-0.3, -0.25) is 4.79 Å². The third-order valence-corrected chi connectivity index (χ3v) is 4.17. The summed E-state index contributed by atoms with van der Waals surface area (Å²) in [6, 6.07) is 8.60. The monoisotopic (exact) mass is 266 g/mol. The van der Waals surface area contributed by atoms with Crippen molar-refractivity contribution in [1.29, 1.82) is 0 Å². The summed E-state index contributed by atoms with van der Waals surface area (Å²) >= 11 is 5.70. The van der Waals surface area contributed by atoms with E-state index in [1.807, 2.05) is 0 Å². The van der Waals surface area contributed by atoms with Gasteiger partial charge in [-0.15, -0.1) is 11.6 Å². The summed E-state index contributed by atoms with van der Waals surface area (Å²) in [7, 11) is 0. The van der Waals surface area contributed by atoms with Gasteiger partial charge in [0.15, 0.2) is 0 Å². The van der Waals surface area contributed by atoms with E-state index in [2.05, 4.69) is 24.3 Å². The average molecular weight is 267 g/mol. The maximum Gasteiger partial charge on any atom is 0.321 e. The SMILES string of the molecule is O=C(O)C(Cl)CCc1ccc(C2CCCC2)cc1. The zero-order valence-electron chi connectivity index (χ0n) is 10.4. The summed E-state index contributed by atoms with van der Waals surface area (Å²) in [4.78, 5) is 10.6. The third-order valence-electron chi connectivity index (χ3n) is 3.76. The zero-order valence-corrected chi connectivity index (χ0v) is 11.2. The number of hydrogen-bond donors (Lipinski definition) is 1. The second-order valence-electron chi connectivity index (χ2n) is 5.07. The number of benzene rings is 1. The summed E-state index contributed by atoms with van der Waals surface area (Å²) in [6.45, 7) is 0. The summed E-state index contributed by atoms with van der Waals surface area (Å²) in [5, 5.41) is 7.94. The minimum absolute atomic E-state index is 0.486. The van der Waals surface area contributed by atoms with Gasteiger partial charge in [-0.1, -0.05) is 37.1 Å². The van der Waals surface area contributed by atoms with Crippen LogP contribution in [0.2, 0.25) is 0 Å². The van der Waals surface area contributed by atoms with Crippen molar-refractivity contribution in [1.82, 2.24) is 0 Å². The fourth-order valence-electron chi connectivity index (χ4n) is 2.63. The Bertz CT molecular complexity index is 393. The predicted octanol–water partition coefficient (Wildman–Crippen LogP) is 3.97. The largest absolute Gasteiger partial charge is 0.480 e. The molecule has 3 heteroatoms. The summed E-state index contributed by atoms with van der Waals surface area (Å²) < 4.78 is 0. The lowest BCUT2D eigenvalue weighted by atomic mass is 9.96. The van der Waals surface area contributed by atoms with Crippen LogP contribution < -0.4 is 0 Å². The maximum atomic E-state index is 10.6. The predicted molar refractivity (Wildman–Crippen MR) is 73.2 cm³/mol. The van der Waals surface area contributed by atoms with E-state index in [1.54, 1.807) is 0 Å². The molecule has 1 N–H and O–H groups in total. The first-order chi connectivity index (χ1) is 8.66. The van der Waals surface area contributed by atoms with Crippen LogP contribution >= 0.6 is 11.6 Å². The number of aliphatic carboxylic acids is 1. The maximum absolute atomic E-state index is 10.6. The molecular weight excluding hydrogens is 248 g/mol. The smallest absolute Gasteiger partial charge is 0.321 e. The normalized spacial score (nSPS) is 17.8. The van der Waals surface area contributed by atoms with Crippen LogP contribution in [0, 0.1) is 0 Å². The molecule has 0 aromatic heterocycles. The highest BCUT2D eigenvalue weighted by atomic mass is 35.5. The molecule has 0 saturated heterocycles. The standard InChI is InChI=1S/C15H19ClO2/c16-14(15(17)18)10-7-11-5-8-13(9-6-11)12-3-1-2-4-12/h5-6,8-9,12,14H,1-4,7,10H2,(H,17,18). The molecule has 1 fully saturated rings. The molecule has 2 rings (SSSR count). The fraction of sp³-hybridized carbons (Fsp3) is 0.533. The lowest BCUT2D eigenvalue weighted by Gasteiger charge is -2.10. The number of carbonyl (C=O) groups is 1. The van der Waals surface area contributed by atoms with Gasteiger partial charge in [0.25, 0.3) is 0 Å². The molecule has 1 aliphatic rings. The molecule has 0 heterocycles. The number of hydrogen-bond acceptors (Lipinski definition) is 1. The van der Waals surface area contributed by atoms with Crippen molar-refractivity contribution in [3.63, 3.8) is 0 Å². The minimum atomic E-state index is -0.931. The number of rotatable bonds is 5. The first-order valence-electron chi connectivity index (χ1n) is 6.62. The Morgan fingerprint density at radius 3 is 2.44 bits per heavy atom. The first kappa shape index (κ1) is 13.4. The number of aryl methyl sites for hydroxylation is 1. The van der Waals surface area contributed by atoms with Gasteiger partial charge in [-0.05, 0) is 42.7 Å². The Kier molecular flexibility index (Phi) is 4.65. The van der Waals surface area contributed by atoms with Crippen LogP contribution in [0.15, 0.2) is 24.3 Å². The average Bonchev–Trinajstić information content (AvgIpc) is 2.90. The molecule has 0 amide bonds. The minimum Gasteiger partial charge on any atom is -0.480 e. The van der Waals surface area contributed by atoms with E-state index in [0.29, 0.717) is 6.42 Å². The molecule has 0 aliphatic heterocycles. The molecule has 0 spiro atoms. The van der Waals surface area contributed by atoms with Crippen LogP contribution in [-0.2, 0) is 11.2 Å². The van der Waals surface area contributed by atoms with Gasteiger partial charge < -0.3 is 5.11 Å². The highest BCUT2D eigenvalue weighted by molar-refractivity contribution is 6.29. The lowest BCUT2D eigenvalue weighted by molar-refractivity contribution is -0.136. The molecule has 0 radical (unpaired) electrons.